The standard InChI is InChI=1S/C20H25FN2O3/c1-12-18(13(2)26-22-12)11-23-9-14-7-19(24)20(8-15(14)10-23)25-17-5-3-16(21)4-6-17/h3-6,14-15,19-20,24H,7-11H2,1-2H3/t14-,15+,19+,20+/m0/s1. The van der Waals surface area contributed by atoms with Crippen LogP contribution in [0.5, 0.6) is 5.75 Å². The van der Waals surface area contributed by atoms with Crippen LogP contribution < -0.4 is 4.74 Å². The molecule has 2 heterocycles. The molecule has 0 radical (unpaired) electrons. The maximum absolute atomic E-state index is 13.1. The first-order chi connectivity index (χ1) is 12.5. The molecule has 6 heteroatoms. The van der Waals surface area contributed by atoms with Gasteiger partial charge >= 0.3 is 0 Å². The van der Waals surface area contributed by atoms with Crippen molar-refractivity contribution >= 4 is 0 Å². The van der Waals surface area contributed by atoms with Crippen LogP contribution in [0.3, 0.4) is 0 Å². The topological polar surface area (TPSA) is 58.7 Å². The Labute approximate surface area is 152 Å². The molecule has 1 aliphatic carbocycles. The van der Waals surface area contributed by atoms with Gasteiger partial charge in [0.2, 0.25) is 0 Å². The van der Waals surface area contributed by atoms with Gasteiger partial charge in [-0.05, 0) is 62.8 Å². The van der Waals surface area contributed by atoms with Crippen LogP contribution in [0.15, 0.2) is 28.8 Å². The number of hydrogen-bond acceptors (Lipinski definition) is 5. The van der Waals surface area contributed by atoms with Crippen molar-refractivity contribution in [3.05, 3.63) is 47.1 Å². The zero-order valence-corrected chi connectivity index (χ0v) is 15.2. The van der Waals surface area contributed by atoms with Crippen LogP contribution in [0.2, 0.25) is 0 Å². The lowest BCUT2D eigenvalue weighted by Gasteiger charge is -2.35. The minimum Gasteiger partial charge on any atom is -0.488 e. The quantitative estimate of drug-likeness (QED) is 0.908. The number of rotatable bonds is 4. The third-order valence-corrected chi connectivity index (χ3v) is 5.82. The molecule has 1 aromatic heterocycles. The number of aliphatic hydroxyl groups excluding tert-OH is 1. The number of fused-ring (bicyclic) bond motifs is 1. The number of hydrogen-bond donors (Lipinski definition) is 1. The van der Waals surface area contributed by atoms with Crippen LogP contribution in [0.1, 0.15) is 29.9 Å². The fourth-order valence-corrected chi connectivity index (χ4v) is 4.38. The highest BCUT2D eigenvalue weighted by atomic mass is 19.1. The van der Waals surface area contributed by atoms with Gasteiger partial charge in [-0.3, -0.25) is 4.90 Å². The van der Waals surface area contributed by atoms with Crippen LogP contribution in [-0.2, 0) is 6.54 Å². The van der Waals surface area contributed by atoms with Crippen molar-refractivity contribution in [1.29, 1.82) is 0 Å². The van der Waals surface area contributed by atoms with Gasteiger partial charge < -0.3 is 14.4 Å². The molecule has 1 saturated carbocycles. The minimum atomic E-state index is -0.486. The largest absolute Gasteiger partial charge is 0.488 e. The highest BCUT2D eigenvalue weighted by Crippen LogP contribution is 2.38. The van der Waals surface area contributed by atoms with Gasteiger partial charge in [-0.2, -0.15) is 0 Å². The van der Waals surface area contributed by atoms with E-state index in [1.165, 1.54) is 17.7 Å². The van der Waals surface area contributed by atoms with Crippen LogP contribution in [0.25, 0.3) is 0 Å². The number of benzene rings is 1. The molecule has 0 unspecified atom stereocenters. The smallest absolute Gasteiger partial charge is 0.138 e. The summed E-state index contributed by atoms with van der Waals surface area (Å²) >= 11 is 0. The Morgan fingerprint density at radius 3 is 2.54 bits per heavy atom. The average molecular weight is 360 g/mol. The van der Waals surface area contributed by atoms with Crippen LogP contribution in [-0.4, -0.2) is 40.5 Å². The van der Waals surface area contributed by atoms with E-state index in [9.17, 15) is 9.50 Å². The van der Waals surface area contributed by atoms with Crippen molar-refractivity contribution < 1.29 is 18.8 Å². The molecule has 5 nitrogen and oxygen atoms in total. The monoisotopic (exact) mass is 360 g/mol. The summed E-state index contributed by atoms with van der Waals surface area (Å²) in [6.45, 7) is 6.74. The number of halogens is 1. The molecule has 0 spiro atoms. The fraction of sp³-hybridized carbons (Fsp3) is 0.550. The second kappa shape index (κ2) is 7.00. The lowest BCUT2D eigenvalue weighted by Crippen LogP contribution is -2.42. The molecular formula is C20H25FN2O3. The van der Waals surface area contributed by atoms with E-state index >= 15 is 0 Å². The van der Waals surface area contributed by atoms with Gasteiger partial charge in [0, 0.05) is 25.2 Å². The summed E-state index contributed by atoms with van der Waals surface area (Å²) in [7, 11) is 0. The Bertz CT molecular complexity index is 741. The molecule has 2 aromatic rings. The second-order valence-electron chi connectivity index (χ2n) is 7.67. The normalized spacial score (nSPS) is 28.9. The molecule has 1 aromatic carbocycles. The average Bonchev–Trinajstić information content (AvgIpc) is 3.14. The lowest BCUT2D eigenvalue weighted by molar-refractivity contribution is -0.0231. The molecule has 0 amide bonds. The maximum atomic E-state index is 13.1. The summed E-state index contributed by atoms with van der Waals surface area (Å²) in [5.41, 5.74) is 2.12. The van der Waals surface area contributed by atoms with Crippen molar-refractivity contribution in [3.63, 3.8) is 0 Å². The molecule has 140 valence electrons. The summed E-state index contributed by atoms with van der Waals surface area (Å²) in [6.07, 6.45) is 0.844. The molecule has 1 N–H and O–H groups in total. The van der Waals surface area contributed by atoms with Crippen LogP contribution in [0, 0.1) is 31.5 Å². The number of aryl methyl sites for hydroxylation is 2. The van der Waals surface area contributed by atoms with E-state index in [0.29, 0.717) is 17.6 Å². The molecule has 1 saturated heterocycles. The number of aromatic nitrogens is 1. The Morgan fingerprint density at radius 2 is 1.88 bits per heavy atom. The maximum Gasteiger partial charge on any atom is 0.138 e. The van der Waals surface area contributed by atoms with Gasteiger partial charge in [-0.1, -0.05) is 5.16 Å². The van der Waals surface area contributed by atoms with Crippen molar-refractivity contribution in [2.45, 2.75) is 45.4 Å². The zero-order valence-electron chi connectivity index (χ0n) is 15.2. The second-order valence-corrected chi connectivity index (χ2v) is 7.67. The fourth-order valence-electron chi connectivity index (χ4n) is 4.38. The first kappa shape index (κ1) is 17.5. The summed E-state index contributed by atoms with van der Waals surface area (Å²) in [4.78, 5) is 2.43. The summed E-state index contributed by atoms with van der Waals surface area (Å²) in [6, 6.07) is 6.00. The molecule has 0 bridgehead atoms. The lowest BCUT2D eigenvalue weighted by atomic mass is 9.78. The van der Waals surface area contributed by atoms with Gasteiger partial charge in [-0.15, -0.1) is 0 Å². The van der Waals surface area contributed by atoms with Gasteiger partial charge in [0.25, 0.3) is 0 Å². The minimum absolute atomic E-state index is 0.235. The Hall–Kier alpha value is -1.92. The van der Waals surface area contributed by atoms with E-state index in [0.717, 1.165) is 43.9 Å². The first-order valence-corrected chi connectivity index (χ1v) is 9.24. The van der Waals surface area contributed by atoms with Crippen LogP contribution in [0.4, 0.5) is 4.39 Å². The van der Waals surface area contributed by atoms with E-state index in [1.807, 2.05) is 13.8 Å². The van der Waals surface area contributed by atoms with Crippen molar-refractivity contribution in [2.24, 2.45) is 11.8 Å². The highest BCUT2D eigenvalue weighted by molar-refractivity contribution is 5.23. The third-order valence-electron chi connectivity index (χ3n) is 5.82. The zero-order chi connectivity index (χ0) is 18.3. The molecule has 4 rings (SSSR count). The van der Waals surface area contributed by atoms with E-state index in [1.54, 1.807) is 12.1 Å². The van der Waals surface area contributed by atoms with Crippen LogP contribution >= 0.6 is 0 Å². The molecule has 1 aliphatic heterocycles. The Balaban J connectivity index is 1.39. The SMILES string of the molecule is Cc1noc(C)c1CN1C[C@H]2C[C@@H](Oc3ccc(F)cc3)[C@H](O)C[C@H]2C1. The molecular weight excluding hydrogens is 335 g/mol. The molecule has 2 aliphatic rings. The van der Waals surface area contributed by atoms with Gasteiger partial charge in [-0.25, -0.2) is 4.39 Å². The molecule has 2 fully saturated rings. The molecule has 26 heavy (non-hydrogen) atoms. The molecule has 4 atom stereocenters. The van der Waals surface area contributed by atoms with Gasteiger partial charge in [0.15, 0.2) is 0 Å². The number of likely N-dealkylation sites (tertiary alicyclic amines) is 1. The number of ether oxygens (including phenoxy) is 1. The first-order valence-electron chi connectivity index (χ1n) is 9.24. The predicted octanol–water partition coefficient (Wildman–Crippen LogP) is 3.08. The Kier molecular flexibility index (Phi) is 4.71. The van der Waals surface area contributed by atoms with E-state index in [2.05, 4.69) is 10.1 Å². The van der Waals surface area contributed by atoms with Crippen molar-refractivity contribution in [2.75, 3.05) is 13.1 Å². The summed E-state index contributed by atoms with van der Waals surface area (Å²) in [5, 5.41) is 14.6. The number of nitrogens with zero attached hydrogens (tertiary/aromatic N) is 2. The van der Waals surface area contributed by atoms with Gasteiger partial charge in [0.1, 0.15) is 23.4 Å². The third kappa shape index (κ3) is 3.48. The summed E-state index contributed by atoms with van der Waals surface area (Å²) < 4.78 is 24.3. The van der Waals surface area contributed by atoms with Crippen molar-refractivity contribution in [3.8, 4) is 5.75 Å². The highest BCUT2D eigenvalue weighted by Gasteiger charge is 2.42. The van der Waals surface area contributed by atoms with Gasteiger partial charge in [0.05, 0.1) is 11.8 Å². The Morgan fingerprint density at radius 1 is 1.19 bits per heavy atom. The predicted molar refractivity (Wildman–Crippen MR) is 94.3 cm³/mol. The van der Waals surface area contributed by atoms with E-state index < -0.39 is 6.10 Å². The van der Waals surface area contributed by atoms with E-state index in [-0.39, 0.29) is 11.9 Å². The van der Waals surface area contributed by atoms with E-state index in [4.69, 9.17) is 9.26 Å². The number of aliphatic hydroxyl groups is 1. The van der Waals surface area contributed by atoms with Crippen molar-refractivity contribution in [1.82, 2.24) is 10.1 Å². The summed E-state index contributed by atoms with van der Waals surface area (Å²) in [5.74, 6) is 2.20.